The van der Waals surface area contributed by atoms with Gasteiger partial charge in [-0.05, 0) is 20.3 Å². The third-order valence-corrected chi connectivity index (χ3v) is 3.32. The molecule has 0 saturated carbocycles. The fourth-order valence-corrected chi connectivity index (χ4v) is 2.47. The molecule has 0 spiro atoms. The SMILES string of the molecule is COCCC1CSC(=NCC(=O)NC(C)C)N1. The Balaban J connectivity index is 2.25. The maximum atomic E-state index is 11.4. The largest absolute Gasteiger partial charge is 0.385 e. The molecular weight excluding hydrogens is 238 g/mol. The van der Waals surface area contributed by atoms with Gasteiger partial charge < -0.3 is 15.4 Å². The highest BCUT2D eigenvalue weighted by molar-refractivity contribution is 8.14. The molecule has 0 radical (unpaired) electrons. The number of amides is 1. The van der Waals surface area contributed by atoms with Crippen molar-refractivity contribution in [1.29, 1.82) is 0 Å². The first kappa shape index (κ1) is 14.3. The van der Waals surface area contributed by atoms with Gasteiger partial charge in [-0.3, -0.25) is 9.79 Å². The summed E-state index contributed by atoms with van der Waals surface area (Å²) < 4.78 is 5.03. The summed E-state index contributed by atoms with van der Waals surface area (Å²) in [5.74, 6) is 0.962. The molecule has 1 aliphatic heterocycles. The van der Waals surface area contributed by atoms with E-state index in [2.05, 4.69) is 15.6 Å². The summed E-state index contributed by atoms with van der Waals surface area (Å²) in [5.41, 5.74) is 0. The van der Waals surface area contributed by atoms with Gasteiger partial charge in [0.05, 0.1) is 0 Å². The van der Waals surface area contributed by atoms with Crippen molar-refractivity contribution in [3.63, 3.8) is 0 Å². The molecule has 6 heteroatoms. The Hall–Kier alpha value is -0.750. The molecule has 1 atom stereocenters. The van der Waals surface area contributed by atoms with Crippen molar-refractivity contribution in [2.45, 2.75) is 32.4 Å². The molecule has 1 rings (SSSR count). The third kappa shape index (κ3) is 5.93. The van der Waals surface area contributed by atoms with E-state index in [1.54, 1.807) is 18.9 Å². The lowest BCUT2D eigenvalue weighted by Crippen LogP contribution is -2.33. The van der Waals surface area contributed by atoms with Crippen LogP contribution in [0, 0.1) is 0 Å². The van der Waals surface area contributed by atoms with Crippen molar-refractivity contribution in [1.82, 2.24) is 10.6 Å². The van der Waals surface area contributed by atoms with E-state index in [1.807, 2.05) is 13.8 Å². The number of nitrogens with one attached hydrogen (secondary N) is 2. The zero-order valence-corrected chi connectivity index (χ0v) is 11.5. The molecule has 0 aromatic carbocycles. The Morgan fingerprint density at radius 3 is 3.12 bits per heavy atom. The van der Waals surface area contributed by atoms with Crippen molar-refractivity contribution >= 4 is 22.8 Å². The second-order valence-electron chi connectivity index (χ2n) is 4.28. The summed E-state index contributed by atoms with van der Waals surface area (Å²) in [6.45, 7) is 4.83. The molecule has 1 aliphatic rings. The van der Waals surface area contributed by atoms with Crippen LogP contribution in [0.2, 0.25) is 0 Å². The van der Waals surface area contributed by atoms with Gasteiger partial charge in [0, 0.05) is 31.6 Å². The van der Waals surface area contributed by atoms with Crippen LogP contribution in [-0.4, -0.2) is 49.2 Å². The van der Waals surface area contributed by atoms with Crippen molar-refractivity contribution < 1.29 is 9.53 Å². The Bertz CT molecular complexity index is 282. The topological polar surface area (TPSA) is 62.7 Å². The predicted octanol–water partition coefficient (Wildman–Crippen LogP) is 0.608. The van der Waals surface area contributed by atoms with Gasteiger partial charge in [-0.2, -0.15) is 0 Å². The van der Waals surface area contributed by atoms with Gasteiger partial charge in [0.15, 0.2) is 5.17 Å². The van der Waals surface area contributed by atoms with Crippen LogP contribution in [0.25, 0.3) is 0 Å². The number of carbonyl (C=O) groups excluding carboxylic acids is 1. The second-order valence-corrected chi connectivity index (χ2v) is 5.29. The number of ether oxygens (including phenoxy) is 1. The molecule has 98 valence electrons. The van der Waals surface area contributed by atoms with Crippen molar-refractivity contribution in [2.24, 2.45) is 4.99 Å². The number of rotatable bonds is 6. The molecule has 2 N–H and O–H groups in total. The summed E-state index contributed by atoms with van der Waals surface area (Å²) in [5, 5.41) is 6.96. The molecule has 0 aliphatic carbocycles. The van der Waals surface area contributed by atoms with Crippen LogP contribution >= 0.6 is 11.8 Å². The molecule has 0 aromatic rings. The third-order valence-electron chi connectivity index (χ3n) is 2.24. The van der Waals surface area contributed by atoms with Crippen LogP contribution in [0.5, 0.6) is 0 Å². The minimum Gasteiger partial charge on any atom is -0.385 e. The van der Waals surface area contributed by atoms with Gasteiger partial charge in [0.1, 0.15) is 6.54 Å². The summed E-state index contributed by atoms with van der Waals surface area (Å²) in [6.07, 6.45) is 0.973. The molecule has 0 aromatic heterocycles. The summed E-state index contributed by atoms with van der Waals surface area (Å²) in [7, 11) is 1.70. The van der Waals surface area contributed by atoms with Gasteiger partial charge in [-0.15, -0.1) is 0 Å². The zero-order chi connectivity index (χ0) is 12.7. The van der Waals surface area contributed by atoms with Gasteiger partial charge >= 0.3 is 0 Å². The monoisotopic (exact) mass is 259 g/mol. The van der Waals surface area contributed by atoms with E-state index >= 15 is 0 Å². The van der Waals surface area contributed by atoms with E-state index in [0.29, 0.717) is 6.04 Å². The van der Waals surface area contributed by atoms with Crippen LogP contribution < -0.4 is 10.6 Å². The molecule has 1 fully saturated rings. The Kier molecular flexibility index (Phi) is 6.36. The minimum atomic E-state index is -0.0322. The first-order valence-electron chi connectivity index (χ1n) is 5.84. The molecule has 1 unspecified atom stereocenters. The van der Waals surface area contributed by atoms with E-state index in [1.165, 1.54) is 0 Å². The summed E-state index contributed by atoms with van der Waals surface area (Å²) >= 11 is 1.67. The standard InChI is InChI=1S/C11H21N3O2S/c1-8(2)13-10(15)6-12-11-14-9(7-17-11)4-5-16-3/h8-9H,4-7H2,1-3H3,(H,12,14)(H,13,15). The highest BCUT2D eigenvalue weighted by Gasteiger charge is 2.19. The number of thioether (sulfide) groups is 1. The lowest BCUT2D eigenvalue weighted by Gasteiger charge is -2.08. The fraction of sp³-hybridized carbons (Fsp3) is 0.818. The number of hydrogen-bond acceptors (Lipinski definition) is 4. The highest BCUT2D eigenvalue weighted by atomic mass is 32.2. The smallest absolute Gasteiger partial charge is 0.241 e. The number of nitrogens with zero attached hydrogens (tertiary/aromatic N) is 1. The van der Waals surface area contributed by atoms with Crippen LogP contribution in [-0.2, 0) is 9.53 Å². The maximum absolute atomic E-state index is 11.4. The lowest BCUT2D eigenvalue weighted by atomic mass is 10.2. The first-order chi connectivity index (χ1) is 8.11. The van der Waals surface area contributed by atoms with Gasteiger partial charge in [-0.25, -0.2) is 0 Å². The second kappa shape index (κ2) is 7.55. The number of aliphatic imine (C=N–C) groups is 1. The average Bonchev–Trinajstić information content (AvgIpc) is 2.70. The number of hydrogen-bond donors (Lipinski definition) is 2. The van der Waals surface area contributed by atoms with Crippen LogP contribution in [0.4, 0.5) is 0 Å². The van der Waals surface area contributed by atoms with Crippen molar-refractivity contribution in [3.05, 3.63) is 0 Å². The Morgan fingerprint density at radius 1 is 1.71 bits per heavy atom. The maximum Gasteiger partial charge on any atom is 0.241 e. The molecule has 5 nitrogen and oxygen atoms in total. The number of carbonyl (C=O) groups is 1. The van der Waals surface area contributed by atoms with Crippen LogP contribution in [0.3, 0.4) is 0 Å². The Labute approximate surface area is 107 Å². The van der Waals surface area contributed by atoms with E-state index in [0.717, 1.165) is 23.9 Å². The molecule has 1 amide bonds. The lowest BCUT2D eigenvalue weighted by molar-refractivity contribution is -0.120. The summed E-state index contributed by atoms with van der Waals surface area (Å²) in [6, 6.07) is 0.577. The molecular formula is C11H21N3O2S. The highest BCUT2D eigenvalue weighted by Crippen LogP contribution is 2.15. The zero-order valence-electron chi connectivity index (χ0n) is 10.7. The van der Waals surface area contributed by atoms with E-state index in [4.69, 9.17) is 4.74 Å². The molecule has 0 bridgehead atoms. The molecule has 1 saturated heterocycles. The quantitative estimate of drug-likeness (QED) is 0.733. The molecule has 1 heterocycles. The van der Waals surface area contributed by atoms with Crippen LogP contribution in [0.1, 0.15) is 20.3 Å². The minimum absolute atomic E-state index is 0.0322. The van der Waals surface area contributed by atoms with Crippen molar-refractivity contribution in [3.8, 4) is 0 Å². The van der Waals surface area contributed by atoms with E-state index in [-0.39, 0.29) is 18.5 Å². The van der Waals surface area contributed by atoms with Gasteiger partial charge in [0.2, 0.25) is 5.91 Å². The Morgan fingerprint density at radius 2 is 2.47 bits per heavy atom. The average molecular weight is 259 g/mol. The first-order valence-corrected chi connectivity index (χ1v) is 6.82. The fourth-order valence-electron chi connectivity index (χ4n) is 1.46. The number of methoxy groups -OCH3 is 1. The van der Waals surface area contributed by atoms with Crippen molar-refractivity contribution in [2.75, 3.05) is 26.0 Å². The predicted molar refractivity (Wildman–Crippen MR) is 71.5 cm³/mol. The van der Waals surface area contributed by atoms with E-state index < -0.39 is 0 Å². The number of amidine groups is 1. The van der Waals surface area contributed by atoms with Crippen LogP contribution in [0.15, 0.2) is 4.99 Å². The molecule has 17 heavy (non-hydrogen) atoms. The van der Waals surface area contributed by atoms with Gasteiger partial charge in [-0.1, -0.05) is 11.8 Å². The summed E-state index contributed by atoms with van der Waals surface area (Å²) in [4.78, 5) is 15.6. The van der Waals surface area contributed by atoms with E-state index in [9.17, 15) is 4.79 Å². The van der Waals surface area contributed by atoms with Gasteiger partial charge in [0.25, 0.3) is 0 Å². The normalized spacial score (nSPS) is 21.9.